The van der Waals surface area contributed by atoms with Crippen LogP contribution in [0.2, 0.25) is 0 Å². The lowest BCUT2D eigenvalue weighted by Gasteiger charge is -2.35. The van der Waals surface area contributed by atoms with Gasteiger partial charge in [-0.15, -0.1) is 0 Å². The number of hydrogen-bond acceptors (Lipinski definition) is 3. The van der Waals surface area contributed by atoms with Crippen molar-refractivity contribution in [3.8, 4) is 11.8 Å². The van der Waals surface area contributed by atoms with Gasteiger partial charge in [-0.2, -0.15) is 18.4 Å². The van der Waals surface area contributed by atoms with E-state index in [-0.39, 0.29) is 29.8 Å². The highest BCUT2D eigenvalue weighted by atomic mass is 19.4. The Balaban J connectivity index is 1.21. The molecule has 8 heteroatoms. The van der Waals surface area contributed by atoms with Gasteiger partial charge in [0.15, 0.2) is 0 Å². The molecule has 3 aromatic rings. The molecule has 2 aromatic carbocycles. The van der Waals surface area contributed by atoms with E-state index in [4.69, 9.17) is 10.00 Å². The molecule has 0 spiro atoms. The molecular weight excluding hydrogens is 419 g/mol. The summed E-state index contributed by atoms with van der Waals surface area (Å²) in [7, 11) is 0. The van der Waals surface area contributed by atoms with Crippen LogP contribution in [-0.2, 0) is 11.0 Å². The maximum Gasteiger partial charge on any atom is 0.416 e. The lowest BCUT2D eigenvalue weighted by Crippen LogP contribution is -2.32. The van der Waals surface area contributed by atoms with Crippen molar-refractivity contribution in [1.29, 1.82) is 5.26 Å². The van der Waals surface area contributed by atoms with Crippen molar-refractivity contribution < 1.29 is 22.7 Å². The van der Waals surface area contributed by atoms with E-state index in [2.05, 4.69) is 16.4 Å². The molecule has 2 atom stereocenters. The number of nitrogens with zero attached hydrogens (tertiary/aromatic N) is 1. The van der Waals surface area contributed by atoms with Crippen molar-refractivity contribution >= 4 is 22.5 Å². The van der Waals surface area contributed by atoms with Crippen LogP contribution in [0.15, 0.2) is 48.7 Å². The first-order valence-corrected chi connectivity index (χ1v) is 10.5. The topological polar surface area (TPSA) is 77.9 Å². The number of H-pyrrole nitrogens is 1. The maximum atomic E-state index is 12.7. The number of alkyl halides is 3. The number of aromatic amines is 1. The summed E-state index contributed by atoms with van der Waals surface area (Å²) in [4.78, 5) is 15.4. The van der Waals surface area contributed by atoms with E-state index in [1.54, 1.807) is 18.3 Å². The quantitative estimate of drug-likeness (QED) is 0.542. The van der Waals surface area contributed by atoms with Crippen molar-refractivity contribution in [2.75, 3.05) is 5.32 Å². The van der Waals surface area contributed by atoms with Gasteiger partial charge in [-0.05, 0) is 61.1 Å². The molecule has 0 aliphatic heterocycles. The summed E-state index contributed by atoms with van der Waals surface area (Å²) in [5.41, 5.74) is 1.76. The third-order valence-corrected chi connectivity index (χ3v) is 6.31. The van der Waals surface area contributed by atoms with Crippen LogP contribution in [-0.4, -0.2) is 17.0 Å². The zero-order chi connectivity index (χ0) is 22.5. The molecule has 5 nitrogen and oxygen atoms in total. The van der Waals surface area contributed by atoms with E-state index < -0.39 is 11.7 Å². The standard InChI is InChI=1S/C24H20F3N3O2/c25-24(26,27)16-3-1-13(2-4-16)14-7-18(8-14)32-17-5-6-21-20(10-17)22(12-29-21)30-23(31)19-9-15(19)11-28/h1-6,10,12,14-15,18-19,29H,7-9H2,(H,30,31)/t14-,15-,18+,19+/m1/s1. The minimum Gasteiger partial charge on any atom is -0.490 e. The lowest BCUT2D eigenvalue weighted by atomic mass is 9.77. The van der Waals surface area contributed by atoms with Crippen LogP contribution in [0.5, 0.6) is 5.75 Å². The first-order chi connectivity index (χ1) is 15.3. The van der Waals surface area contributed by atoms with Crippen LogP contribution in [0.1, 0.15) is 36.3 Å². The van der Waals surface area contributed by atoms with Crippen LogP contribution in [0.3, 0.4) is 0 Å². The third kappa shape index (κ3) is 3.91. The van der Waals surface area contributed by atoms with E-state index in [0.717, 1.165) is 41.4 Å². The highest BCUT2D eigenvalue weighted by Gasteiger charge is 2.43. The molecule has 0 bridgehead atoms. The number of anilines is 1. The molecule has 1 aromatic heterocycles. The molecule has 164 valence electrons. The monoisotopic (exact) mass is 439 g/mol. The number of benzene rings is 2. The van der Waals surface area contributed by atoms with E-state index in [0.29, 0.717) is 17.9 Å². The SMILES string of the molecule is N#C[C@H]1C[C@@H]1C(=O)Nc1c[nH]c2ccc(O[C@H]3C[C@@H](c4ccc(C(F)(F)F)cc4)C3)cc12. The van der Waals surface area contributed by atoms with E-state index >= 15 is 0 Å². The van der Waals surface area contributed by atoms with Crippen molar-refractivity contribution in [3.63, 3.8) is 0 Å². The fourth-order valence-corrected chi connectivity index (χ4v) is 4.20. The van der Waals surface area contributed by atoms with Gasteiger partial charge < -0.3 is 15.0 Å². The van der Waals surface area contributed by atoms with Crippen LogP contribution < -0.4 is 10.1 Å². The second-order valence-electron chi connectivity index (χ2n) is 8.50. The number of amides is 1. The Kier molecular flexibility index (Phi) is 4.85. The first kappa shape index (κ1) is 20.4. The number of nitrogens with one attached hydrogen (secondary N) is 2. The van der Waals surface area contributed by atoms with Gasteiger partial charge >= 0.3 is 6.18 Å². The highest BCUT2D eigenvalue weighted by molar-refractivity contribution is 6.03. The molecule has 5 rings (SSSR count). The first-order valence-electron chi connectivity index (χ1n) is 10.5. The van der Waals surface area contributed by atoms with Gasteiger partial charge in [0, 0.05) is 17.1 Å². The predicted octanol–water partition coefficient (Wildman–Crippen LogP) is 5.61. The van der Waals surface area contributed by atoms with Crippen molar-refractivity contribution in [1.82, 2.24) is 4.98 Å². The summed E-state index contributed by atoms with van der Waals surface area (Å²) >= 11 is 0. The van der Waals surface area contributed by atoms with Gasteiger partial charge in [0.25, 0.3) is 0 Å². The van der Waals surface area contributed by atoms with Crippen molar-refractivity contribution in [2.24, 2.45) is 11.8 Å². The molecule has 32 heavy (non-hydrogen) atoms. The summed E-state index contributed by atoms with van der Waals surface area (Å²) in [6.45, 7) is 0. The number of aromatic nitrogens is 1. The zero-order valence-corrected chi connectivity index (χ0v) is 16.9. The number of fused-ring (bicyclic) bond motifs is 1. The molecule has 0 saturated heterocycles. The molecule has 2 aliphatic rings. The minimum atomic E-state index is -4.32. The normalized spacial score (nSPS) is 24.4. The maximum absolute atomic E-state index is 12.7. The number of rotatable bonds is 5. The van der Waals surface area contributed by atoms with Gasteiger partial charge in [-0.3, -0.25) is 4.79 Å². The fraction of sp³-hybridized carbons (Fsp3) is 0.333. The predicted molar refractivity (Wildman–Crippen MR) is 112 cm³/mol. The fourth-order valence-electron chi connectivity index (χ4n) is 4.20. The molecule has 0 radical (unpaired) electrons. The molecule has 0 unspecified atom stereocenters. The number of carbonyl (C=O) groups excluding carboxylic acids is 1. The molecular formula is C24H20F3N3O2. The Hall–Kier alpha value is -3.47. The van der Waals surface area contributed by atoms with Gasteiger partial charge in [-0.1, -0.05) is 12.1 Å². The van der Waals surface area contributed by atoms with E-state index in [1.165, 1.54) is 0 Å². The van der Waals surface area contributed by atoms with E-state index in [9.17, 15) is 18.0 Å². The second kappa shape index (κ2) is 7.59. The lowest BCUT2D eigenvalue weighted by molar-refractivity contribution is -0.137. The van der Waals surface area contributed by atoms with E-state index in [1.807, 2.05) is 18.2 Å². The van der Waals surface area contributed by atoms with Crippen LogP contribution >= 0.6 is 0 Å². The molecule has 2 N–H and O–H groups in total. The zero-order valence-electron chi connectivity index (χ0n) is 16.9. The van der Waals surface area contributed by atoms with Crippen LogP contribution in [0.4, 0.5) is 18.9 Å². The Morgan fingerprint density at radius 2 is 1.88 bits per heavy atom. The van der Waals surface area contributed by atoms with Gasteiger partial charge in [-0.25, -0.2) is 0 Å². The van der Waals surface area contributed by atoms with Crippen molar-refractivity contribution in [2.45, 2.75) is 37.5 Å². The second-order valence-corrected chi connectivity index (χ2v) is 8.50. The number of nitriles is 1. The number of ether oxygens (including phenoxy) is 1. The summed E-state index contributed by atoms with van der Waals surface area (Å²) in [6, 6.07) is 13.0. The largest absolute Gasteiger partial charge is 0.490 e. The Labute approximate surface area is 182 Å². The Bertz CT molecular complexity index is 1200. The van der Waals surface area contributed by atoms with Gasteiger partial charge in [0.1, 0.15) is 5.75 Å². The smallest absolute Gasteiger partial charge is 0.416 e. The average molecular weight is 439 g/mol. The summed E-state index contributed by atoms with van der Waals surface area (Å²) in [5, 5.41) is 12.6. The summed E-state index contributed by atoms with van der Waals surface area (Å²) in [5.74, 6) is 0.253. The molecule has 1 heterocycles. The molecule has 2 aliphatic carbocycles. The highest BCUT2D eigenvalue weighted by Crippen LogP contribution is 2.41. The summed E-state index contributed by atoms with van der Waals surface area (Å²) < 4.78 is 44.2. The Morgan fingerprint density at radius 1 is 1.12 bits per heavy atom. The molecule has 2 fully saturated rings. The van der Waals surface area contributed by atoms with Crippen molar-refractivity contribution in [3.05, 3.63) is 59.8 Å². The van der Waals surface area contributed by atoms with Crippen LogP contribution in [0, 0.1) is 23.2 Å². The third-order valence-electron chi connectivity index (χ3n) is 6.31. The summed E-state index contributed by atoms with van der Waals surface area (Å²) in [6.07, 6.45) is -0.551. The molecule has 1 amide bonds. The van der Waals surface area contributed by atoms with Crippen LogP contribution in [0.25, 0.3) is 10.9 Å². The number of carbonyl (C=O) groups is 1. The Morgan fingerprint density at radius 3 is 2.53 bits per heavy atom. The minimum absolute atomic E-state index is 0.0143. The van der Waals surface area contributed by atoms with Gasteiger partial charge in [0.05, 0.1) is 35.3 Å². The van der Waals surface area contributed by atoms with Gasteiger partial charge in [0.2, 0.25) is 5.91 Å². The number of halogens is 3. The average Bonchev–Trinajstić information content (AvgIpc) is 3.44. The molecule has 2 saturated carbocycles. The number of hydrogen-bond donors (Lipinski definition) is 2.